The van der Waals surface area contributed by atoms with Gasteiger partial charge >= 0.3 is 0 Å². The largest absolute Gasteiger partial charge is 0.412 e. The molecule has 4 aliphatic rings. The first-order valence-corrected chi connectivity index (χ1v) is 11.6. The maximum Gasteiger partial charge on any atom is 0.00961 e. The first-order valence-electron chi connectivity index (χ1n) is 11.6. The van der Waals surface area contributed by atoms with E-state index in [4.69, 9.17) is 0 Å². The van der Waals surface area contributed by atoms with Crippen LogP contribution in [-0.4, -0.2) is 79.7 Å². The number of halogens is 4. The van der Waals surface area contributed by atoms with Crippen molar-refractivity contribution in [1.82, 2.24) is 20.4 Å². The van der Waals surface area contributed by atoms with Crippen molar-refractivity contribution in [3.8, 4) is 0 Å². The number of hydrogen-bond acceptors (Lipinski definition) is 4. The second-order valence-electron chi connectivity index (χ2n) is 9.14. The van der Waals surface area contributed by atoms with Crippen LogP contribution < -0.4 is 10.6 Å². The van der Waals surface area contributed by atoms with Gasteiger partial charge in [0.05, 0.1) is 0 Å². The van der Waals surface area contributed by atoms with E-state index in [2.05, 4.69) is 34.3 Å². The summed E-state index contributed by atoms with van der Waals surface area (Å²) in [6, 6.07) is 1.68. The number of piperidine rings is 2. The molecule has 0 amide bonds. The Morgan fingerprint density at radius 3 is 1.06 bits per heavy atom. The highest BCUT2D eigenvalue weighted by Gasteiger charge is 2.27. The molecule has 0 spiro atoms. The molecule has 4 aliphatic heterocycles. The first kappa shape index (κ1) is 36.5. The molecule has 0 aromatic carbocycles. The van der Waals surface area contributed by atoms with Crippen molar-refractivity contribution in [2.75, 3.05) is 52.4 Å². The summed E-state index contributed by atoms with van der Waals surface area (Å²) >= 11 is 0. The van der Waals surface area contributed by atoms with Crippen molar-refractivity contribution in [1.29, 1.82) is 0 Å². The fraction of sp³-hybridized carbons (Fsp3) is 1.00. The highest BCUT2D eigenvalue weighted by atomic mass is 35.5. The Morgan fingerprint density at radius 1 is 0.548 bits per heavy atom. The molecule has 4 saturated heterocycles. The van der Waals surface area contributed by atoms with Gasteiger partial charge in [-0.05, 0) is 129 Å². The molecule has 4 rings (SSSR count). The highest BCUT2D eigenvalue weighted by Crippen LogP contribution is 2.24. The fourth-order valence-corrected chi connectivity index (χ4v) is 5.55. The molecule has 192 valence electrons. The molecule has 2 atom stereocenters. The number of nitrogens with zero attached hydrogens (tertiary/aromatic N) is 2. The Kier molecular flexibility index (Phi) is 24.0. The topological polar surface area (TPSA) is 62.0 Å². The zero-order chi connectivity index (χ0) is 18.2. The van der Waals surface area contributed by atoms with E-state index in [-0.39, 0.29) is 55.1 Å². The third-order valence-electron chi connectivity index (χ3n) is 7.57. The lowest BCUT2D eigenvalue weighted by atomic mass is 9.90. The van der Waals surface area contributed by atoms with E-state index in [1.807, 2.05) is 0 Å². The summed E-state index contributed by atoms with van der Waals surface area (Å²) in [5.74, 6) is 1.92. The number of nitrogens with one attached hydrogen (secondary N) is 2. The number of hydrogen-bond donors (Lipinski definition) is 2. The first-order chi connectivity index (χ1) is 12.8. The van der Waals surface area contributed by atoms with E-state index in [0.29, 0.717) is 0 Å². The van der Waals surface area contributed by atoms with Gasteiger partial charge in [0, 0.05) is 12.1 Å². The van der Waals surface area contributed by atoms with Gasteiger partial charge in [-0.3, -0.25) is 0 Å². The molecule has 4 N–H and O–H groups in total. The summed E-state index contributed by atoms with van der Waals surface area (Å²) in [6.07, 6.45) is 11.2. The maximum absolute atomic E-state index is 3.44. The number of rotatable bonds is 4. The van der Waals surface area contributed by atoms with Crippen molar-refractivity contribution in [3.05, 3.63) is 0 Å². The highest BCUT2D eigenvalue weighted by molar-refractivity contribution is 5.86. The van der Waals surface area contributed by atoms with Gasteiger partial charge in [-0.2, -0.15) is 0 Å². The zero-order valence-corrected chi connectivity index (χ0v) is 22.9. The Bertz CT molecular complexity index is 352. The van der Waals surface area contributed by atoms with Gasteiger partial charge < -0.3 is 25.9 Å². The molecule has 4 fully saturated rings. The van der Waals surface area contributed by atoms with Crippen LogP contribution in [0.5, 0.6) is 0 Å². The van der Waals surface area contributed by atoms with Crippen LogP contribution in [0.25, 0.3) is 0 Å². The van der Waals surface area contributed by atoms with Gasteiger partial charge in [0.25, 0.3) is 0 Å². The molecule has 9 heteroatoms. The third-order valence-corrected chi connectivity index (χ3v) is 7.57. The second-order valence-corrected chi connectivity index (χ2v) is 9.14. The summed E-state index contributed by atoms with van der Waals surface area (Å²) < 4.78 is 0. The van der Waals surface area contributed by atoms with Crippen LogP contribution in [0, 0.1) is 11.8 Å². The standard InChI is InChI=1S/2C11H22N2.4ClH.H2O/c2*1-10(13-8-2-3-9-13)11-4-6-12-7-5-11;;;;;/h2*10-12H,2-9H2,1H3;4*1H;1H2. The minimum Gasteiger partial charge on any atom is -0.412 e. The SMILES string of the molecule is CC(C1CCNCC1)N1CCCC1.CC(C1CCNCC1)N1CCCC1.Cl.Cl.Cl.Cl.O. The lowest BCUT2D eigenvalue weighted by molar-refractivity contribution is 0.162. The molecule has 0 aliphatic carbocycles. The zero-order valence-electron chi connectivity index (χ0n) is 19.7. The van der Waals surface area contributed by atoms with Crippen molar-refractivity contribution in [3.63, 3.8) is 0 Å². The van der Waals surface area contributed by atoms with E-state index in [9.17, 15) is 0 Å². The lowest BCUT2D eigenvalue weighted by Gasteiger charge is -2.34. The second kappa shape index (κ2) is 20.3. The van der Waals surface area contributed by atoms with Crippen LogP contribution in [0.15, 0.2) is 0 Å². The predicted octanol–water partition coefficient (Wildman–Crippen LogP) is 3.80. The van der Waals surface area contributed by atoms with Crippen LogP contribution in [0.2, 0.25) is 0 Å². The van der Waals surface area contributed by atoms with E-state index >= 15 is 0 Å². The molecule has 0 radical (unpaired) electrons. The molecular formula is C22H50Cl4N4O. The Balaban J connectivity index is -0.000000436. The van der Waals surface area contributed by atoms with Crippen LogP contribution in [0.1, 0.15) is 65.2 Å². The molecule has 0 bridgehead atoms. The van der Waals surface area contributed by atoms with E-state index in [1.54, 1.807) is 0 Å². The van der Waals surface area contributed by atoms with Gasteiger partial charge in [0.15, 0.2) is 0 Å². The summed E-state index contributed by atoms with van der Waals surface area (Å²) in [7, 11) is 0. The van der Waals surface area contributed by atoms with Gasteiger partial charge in [-0.25, -0.2) is 0 Å². The van der Waals surface area contributed by atoms with Crippen LogP contribution in [-0.2, 0) is 0 Å². The maximum atomic E-state index is 3.44. The molecule has 0 aromatic rings. The smallest absolute Gasteiger partial charge is 0.00961 e. The Hall–Kier alpha value is 0.960. The van der Waals surface area contributed by atoms with Crippen LogP contribution >= 0.6 is 49.6 Å². The number of likely N-dealkylation sites (tertiary alicyclic amines) is 2. The fourth-order valence-electron chi connectivity index (χ4n) is 5.55. The average molecular weight is 528 g/mol. The van der Waals surface area contributed by atoms with Crippen LogP contribution in [0.3, 0.4) is 0 Å². The minimum absolute atomic E-state index is 0. The lowest BCUT2D eigenvalue weighted by Crippen LogP contribution is -2.41. The van der Waals surface area contributed by atoms with Crippen molar-refractivity contribution in [2.24, 2.45) is 11.8 Å². The molecule has 31 heavy (non-hydrogen) atoms. The molecule has 5 nitrogen and oxygen atoms in total. The third kappa shape index (κ3) is 11.8. The normalized spacial score (nSPS) is 24.6. The van der Waals surface area contributed by atoms with Crippen molar-refractivity contribution < 1.29 is 5.48 Å². The summed E-state index contributed by atoms with van der Waals surface area (Å²) in [5.41, 5.74) is 0. The molecule has 2 unspecified atom stereocenters. The van der Waals surface area contributed by atoms with Gasteiger partial charge in [-0.1, -0.05) is 0 Å². The van der Waals surface area contributed by atoms with Crippen LogP contribution in [0.4, 0.5) is 0 Å². The Morgan fingerprint density at radius 2 is 0.806 bits per heavy atom. The Labute approximate surface area is 216 Å². The minimum atomic E-state index is 0. The molecule has 0 saturated carbocycles. The van der Waals surface area contributed by atoms with Crippen molar-refractivity contribution in [2.45, 2.75) is 77.3 Å². The van der Waals surface area contributed by atoms with E-state index in [0.717, 1.165) is 23.9 Å². The summed E-state index contributed by atoms with van der Waals surface area (Å²) in [4.78, 5) is 5.38. The monoisotopic (exact) mass is 526 g/mol. The quantitative estimate of drug-likeness (QED) is 0.583. The average Bonchev–Trinajstić information content (AvgIpc) is 3.43. The predicted molar refractivity (Wildman–Crippen MR) is 144 cm³/mol. The summed E-state index contributed by atoms with van der Waals surface area (Å²) in [6.45, 7) is 15.2. The molecular weight excluding hydrogens is 478 g/mol. The van der Waals surface area contributed by atoms with Gasteiger partial charge in [0.1, 0.15) is 0 Å². The van der Waals surface area contributed by atoms with E-state index in [1.165, 1.54) is 104 Å². The molecule has 4 heterocycles. The summed E-state index contributed by atoms with van der Waals surface area (Å²) in [5, 5.41) is 6.88. The van der Waals surface area contributed by atoms with E-state index < -0.39 is 0 Å². The van der Waals surface area contributed by atoms with Gasteiger partial charge in [-0.15, -0.1) is 49.6 Å². The van der Waals surface area contributed by atoms with Crippen molar-refractivity contribution >= 4 is 49.6 Å². The molecule has 0 aromatic heterocycles. The van der Waals surface area contributed by atoms with Gasteiger partial charge in [0.2, 0.25) is 0 Å².